The molecule has 7 rings (SSSR count). The van der Waals surface area contributed by atoms with Crippen molar-refractivity contribution < 1.29 is 8.78 Å². The third kappa shape index (κ3) is 4.01. The van der Waals surface area contributed by atoms with Crippen molar-refractivity contribution in [1.82, 2.24) is 44.6 Å². The average Bonchev–Trinajstić information content (AvgIpc) is 3.69. The predicted octanol–water partition coefficient (Wildman–Crippen LogP) is 4.90. The van der Waals surface area contributed by atoms with Crippen LogP contribution in [0.1, 0.15) is 17.7 Å². The molecule has 7 heterocycles. The van der Waals surface area contributed by atoms with E-state index in [-0.39, 0.29) is 13.0 Å². The molecule has 38 heavy (non-hydrogen) atoms. The Morgan fingerprint density at radius 1 is 1.11 bits per heavy atom. The van der Waals surface area contributed by atoms with Gasteiger partial charge in [0.15, 0.2) is 0 Å². The number of alkyl halides is 2. The van der Waals surface area contributed by atoms with E-state index in [0.717, 1.165) is 50.4 Å². The van der Waals surface area contributed by atoms with E-state index >= 15 is 0 Å². The number of nitrogens with zero attached hydrogens (tertiary/aromatic N) is 7. The number of pyridine rings is 3. The van der Waals surface area contributed by atoms with Crippen molar-refractivity contribution in [2.75, 3.05) is 13.1 Å². The van der Waals surface area contributed by atoms with Gasteiger partial charge in [-0.2, -0.15) is 5.10 Å². The van der Waals surface area contributed by atoms with Crippen LogP contribution in [0.5, 0.6) is 0 Å². The van der Waals surface area contributed by atoms with Crippen LogP contribution >= 0.6 is 0 Å². The van der Waals surface area contributed by atoms with Crippen LogP contribution in [0.3, 0.4) is 0 Å². The summed E-state index contributed by atoms with van der Waals surface area (Å²) in [6.07, 6.45) is 8.87. The van der Waals surface area contributed by atoms with E-state index in [9.17, 15) is 8.78 Å². The molecule has 6 aromatic heterocycles. The van der Waals surface area contributed by atoms with Crippen LogP contribution in [0.15, 0.2) is 61.4 Å². The minimum atomic E-state index is -2.62. The van der Waals surface area contributed by atoms with Crippen molar-refractivity contribution in [3.8, 4) is 28.3 Å². The Kier molecular flexibility index (Phi) is 5.08. The molecule has 0 aliphatic carbocycles. The number of aromatic nitrogens is 8. The SMILES string of the molecule is Cc1cn(-c2ccnc3[nH]c(-c4n[nH]c5ccc(-c6cncc(CN7CCC(F)(F)C7)c6)nc45)cc23)cn1. The number of aromatic amines is 2. The number of halogens is 2. The maximum atomic E-state index is 13.6. The summed E-state index contributed by atoms with van der Waals surface area (Å²) in [5.41, 5.74) is 8.01. The second-order valence-electron chi connectivity index (χ2n) is 9.76. The molecule has 0 amide bonds. The zero-order chi connectivity index (χ0) is 25.9. The van der Waals surface area contributed by atoms with Crippen LogP contribution in [0.4, 0.5) is 8.78 Å². The van der Waals surface area contributed by atoms with Crippen molar-refractivity contribution >= 4 is 22.1 Å². The lowest BCUT2D eigenvalue weighted by Crippen LogP contribution is -2.24. The summed E-state index contributed by atoms with van der Waals surface area (Å²) in [4.78, 5) is 23.2. The normalized spacial score (nSPS) is 15.7. The number of aryl methyl sites for hydroxylation is 1. The molecular weight excluding hydrogens is 488 g/mol. The van der Waals surface area contributed by atoms with Crippen LogP contribution in [0.25, 0.3) is 50.4 Å². The van der Waals surface area contributed by atoms with E-state index < -0.39 is 5.92 Å². The Bertz CT molecular complexity index is 1800. The molecule has 0 spiro atoms. The minimum absolute atomic E-state index is 0.103. The summed E-state index contributed by atoms with van der Waals surface area (Å²) in [5, 5.41) is 8.55. The van der Waals surface area contributed by atoms with E-state index in [1.165, 1.54) is 0 Å². The zero-order valence-corrected chi connectivity index (χ0v) is 20.5. The maximum absolute atomic E-state index is 13.6. The Morgan fingerprint density at radius 2 is 2.03 bits per heavy atom. The molecule has 190 valence electrons. The summed E-state index contributed by atoms with van der Waals surface area (Å²) >= 11 is 0. The number of hydrogen-bond donors (Lipinski definition) is 2. The first-order chi connectivity index (χ1) is 18.4. The molecule has 6 aromatic rings. The Hall–Kier alpha value is -4.51. The molecule has 0 saturated carbocycles. The van der Waals surface area contributed by atoms with Crippen LogP contribution < -0.4 is 0 Å². The predicted molar refractivity (Wildman–Crippen MR) is 139 cm³/mol. The molecule has 0 aromatic carbocycles. The third-order valence-electron chi connectivity index (χ3n) is 6.91. The third-order valence-corrected chi connectivity index (χ3v) is 6.91. The highest BCUT2D eigenvalue weighted by atomic mass is 19.3. The highest BCUT2D eigenvalue weighted by Crippen LogP contribution is 2.32. The molecule has 0 unspecified atom stereocenters. The van der Waals surface area contributed by atoms with Gasteiger partial charge in [0.25, 0.3) is 5.92 Å². The summed E-state index contributed by atoms with van der Waals surface area (Å²) < 4.78 is 29.2. The van der Waals surface area contributed by atoms with Crippen LogP contribution in [-0.4, -0.2) is 63.6 Å². The number of H-pyrrole nitrogens is 2. The topological polar surface area (TPSA) is 104 Å². The highest BCUT2D eigenvalue weighted by Gasteiger charge is 2.37. The Morgan fingerprint density at radius 3 is 2.84 bits per heavy atom. The number of rotatable bonds is 5. The monoisotopic (exact) mass is 511 g/mol. The fraction of sp³-hybridized carbons (Fsp3) is 0.222. The first-order valence-electron chi connectivity index (χ1n) is 12.3. The van der Waals surface area contributed by atoms with Gasteiger partial charge in [-0.05, 0) is 42.8 Å². The lowest BCUT2D eigenvalue weighted by atomic mass is 10.1. The van der Waals surface area contributed by atoms with Crippen molar-refractivity contribution in [2.24, 2.45) is 0 Å². The number of imidazole rings is 1. The molecular formula is C27H23F2N9. The highest BCUT2D eigenvalue weighted by molar-refractivity contribution is 5.95. The molecule has 1 saturated heterocycles. The van der Waals surface area contributed by atoms with Gasteiger partial charge in [-0.25, -0.2) is 23.7 Å². The largest absolute Gasteiger partial charge is 0.338 e. The quantitative estimate of drug-likeness (QED) is 0.341. The van der Waals surface area contributed by atoms with Crippen LogP contribution in [-0.2, 0) is 6.54 Å². The minimum Gasteiger partial charge on any atom is -0.338 e. The fourth-order valence-corrected chi connectivity index (χ4v) is 5.08. The van der Waals surface area contributed by atoms with Crippen molar-refractivity contribution in [3.63, 3.8) is 0 Å². The van der Waals surface area contributed by atoms with Gasteiger partial charge in [0.2, 0.25) is 0 Å². The lowest BCUT2D eigenvalue weighted by Gasteiger charge is -2.15. The van der Waals surface area contributed by atoms with Gasteiger partial charge in [-0.1, -0.05) is 0 Å². The summed E-state index contributed by atoms with van der Waals surface area (Å²) in [7, 11) is 0. The van der Waals surface area contributed by atoms with Gasteiger partial charge in [0, 0.05) is 55.2 Å². The Labute approximate surface area is 215 Å². The summed E-state index contributed by atoms with van der Waals surface area (Å²) in [6, 6.07) is 9.77. The van der Waals surface area contributed by atoms with Gasteiger partial charge in [0.05, 0.1) is 41.2 Å². The first kappa shape index (κ1) is 22.7. The van der Waals surface area contributed by atoms with Gasteiger partial charge in [0.1, 0.15) is 16.9 Å². The molecule has 9 nitrogen and oxygen atoms in total. The van der Waals surface area contributed by atoms with E-state index in [1.807, 2.05) is 48.0 Å². The van der Waals surface area contributed by atoms with Crippen LogP contribution in [0, 0.1) is 6.92 Å². The summed E-state index contributed by atoms with van der Waals surface area (Å²) in [5.74, 6) is -2.62. The first-order valence-corrected chi connectivity index (χ1v) is 12.3. The maximum Gasteiger partial charge on any atom is 0.261 e. The number of hydrogen-bond acceptors (Lipinski definition) is 6. The van der Waals surface area contributed by atoms with Crippen LogP contribution in [0.2, 0.25) is 0 Å². The Balaban J connectivity index is 1.24. The van der Waals surface area contributed by atoms with Crippen molar-refractivity contribution in [2.45, 2.75) is 25.8 Å². The summed E-state index contributed by atoms with van der Waals surface area (Å²) in [6.45, 7) is 2.53. The van der Waals surface area contributed by atoms with Gasteiger partial charge in [-0.15, -0.1) is 0 Å². The number of nitrogens with one attached hydrogen (secondary N) is 2. The average molecular weight is 512 g/mol. The molecule has 1 fully saturated rings. The molecule has 2 N–H and O–H groups in total. The van der Waals surface area contributed by atoms with E-state index in [4.69, 9.17) is 4.98 Å². The molecule has 11 heteroatoms. The van der Waals surface area contributed by atoms with Gasteiger partial charge in [-0.3, -0.25) is 15.0 Å². The smallest absolute Gasteiger partial charge is 0.261 e. The van der Waals surface area contributed by atoms with Crippen molar-refractivity contribution in [3.05, 3.63) is 72.7 Å². The van der Waals surface area contributed by atoms with E-state index in [2.05, 4.69) is 30.1 Å². The second-order valence-corrected chi connectivity index (χ2v) is 9.76. The standard InChI is InChI=1S/C27H23F2N9/c1-16-12-38(15-32-16)23-4-6-31-26-19(23)9-22(34-26)25-24-21(35-36-25)3-2-20(33-24)18-8-17(10-30-11-18)13-37-7-5-27(28,29)14-37/h2-4,6,8-12,15H,5,7,13-14H2,1H3,(H,31,34)(H,35,36). The molecule has 0 bridgehead atoms. The lowest BCUT2D eigenvalue weighted by molar-refractivity contribution is 0.0115. The molecule has 1 aliphatic heterocycles. The van der Waals surface area contributed by atoms with E-state index in [0.29, 0.717) is 24.3 Å². The number of fused-ring (bicyclic) bond motifs is 2. The number of likely N-dealkylation sites (tertiary alicyclic amines) is 1. The van der Waals surface area contributed by atoms with Gasteiger partial charge < -0.3 is 9.55 Å². The molecule has 0 atom stereocenters. The molecule has 0 radical (unpaired) electrons. The van der Waals surface area contributed by atoms with Crippen molar-refractivity contribution in [1.29, 1.82) is 0 Å². The molecule has 1 aliphatic rings. The zero-order valence-electron chi connectivity index (χ0n) is 20.5. The van der Waals surface area contributed by atoms with E-state index in [1.54, 1.807) is 29.8 Å². The van der Waals surface area contributed by atoms with Gasteiger partial charge >= 0.3 is 0 Å². The fourth-order valence-electron chi connectivity index (χ4n) is 5.08. The second kappa shape index (κ2) is 8.52.